The minimum absolute atomic E-state index is 0.0338. The maximum atomic E-state index is 13.6. The largest absolute Gasteiger partial charge is 0.336 e. The van der Waals surface area contributed by atoms with Gasteiger partial charge in [0.05, 0.1) is 30.4 Å². The molecule has 0 spiro atoms. The van der Waals surface area contributed by atoms with Crippen molar-refractivity contribution in [2.24, 2.45) is 0 Å². The first-order valence-electron chi connectivity index (χ1n) is 11.3. The lowest BCUT2D eigenvalue weighted by Gasteiger charge is -2.29. The molecule has 0 bridgehead atoms. The highest BCUT2D eigenvalue weighted by atomic mass is 32.2. The first kappa shape index (κ1) is 22.2. The molecule has 1 aliphatic rings. The van der Waals surface area contributed by atoms with Gasteiger partial charge in [-0.25, -0.2) is 4.98 Å². The Kier molecular flexibility index (Phi) is 6.58. The average molecular weight is 468 g/mol. The second-order valence-electron chi connectivity index (χ2n) is 8.27. The van der Waals surface area contributed by atoms with Crippen molar-refractivity contribution in [3.8, 4) is 0 Å². The van der Waals surface area contributed by atoms with Crippen LogP contribution in [-0.2, 0) is 17.8 Å². The average Bonchev–Trinajstić information content (AvgIpc) is 2.90. The molecule has 0 aliphatic carbocycles. The van der Waals surface area contributed by atoms with E-state index in [1.807, 2.05) is 91.0 Å². The summed E-state index contributed by atoms with van der Waals surface area (Å²) in [6.07, 6.45) is 2.15. The van der Waals surface area contributed by atoms with E-state index in [2.05, 4.69) is 4.98 Å². The van der Waals surface area contributed by atoms with Crippen molar-refractivity contribution in [1.82, 2.24) is 14.5 Å². The molecule has 4 aromatic rings. The Morgan fingerprint density at radius 1 is 0.882 bits per heavy atom. The van der Waals surface area contributed by atoms with Crippen molar-refractivity contribution >= 4 is 17.7 Å². The molecule has 0 radical (unpaired) electrons. The van der Waals surface area contributed by atoms with Crippen LogP contribution < -0.4 is 5.56 Å². The molecule has 2 heterocycles. The Balaban J connectivity index is 1.40. The van der Waals surface area contributed by atoms with Crippen LogP contribution in [0.5, 0.6) is 0 Å². The van der Waals surface area contributed by atoms with E-state index < -0.39 is 0 Å². The third kappa shape index (κ3) is 4.68. The number of rotatable bonds is 6. The molecular weight excluding hydrogens is 442 g/mol. The minimum Gasteiger partial charge on any atom is -0.336 e. The fourth-order valence-corrected chi connectivity index (χ4v) is 5.19. The lowest BCUT2D eigenvalue weighted by atomic mass is 9.98. The van der Waals surface area contributed by atoms with Gasteiger partial charge in [0.2, 0.25) is 5.91 Å². The van der Waals surface area contributed by atoms with E-state index in [1.165, 1.54) is 11.8 Å². The lowest BCUT2D eigenvalue weighted by molar-refractivity contribution is -0.129. The maximum Gasteiger partial charge on any atom is 0.257 e. The van der Waals surface area contributed by atoms with Crippen molar-refractivity contribution < 1.29 is 4.79 Å². The molecule has 1 aromatic heterocycles. The zero-order valence-electron chi connectivity index (χ0n) is 18.7. The second-order valence-corrected chi connectivity index (χ2v) is 9.32. The van der Waals surface area contributed by atoms with Crippen LogP contribution in [0.2, 0.25) is 0 Å². The van der Waals surface area contributed by atoms with Crippen LogP contribution in [0.4, 0.5) is 0 Å². The topological polar surface area (TPSA) is 55.2 Å². The van der Waals surface area contributed by atoms with Gasteiger partial charge in [0.1, 0.15) is 0 Å². The highest BCUT2D eigenvalue weighted by Crippen LogP contribution is 2.26. The number of amides is 1. The van der Waals surface area contributed by atoms with Crippen molar-refractivity contribution in [2.75, 3.05) is 12.3 Å². The smallest absolute Gasteiger partial charge is 0.257 e. The van der Waals surface area contributed by atoms with E-state index in [0.29, 0.717) is 36.5 Å². The van der Waals surface area contributed by atoms with Crippen LogP contribution in [0.25, 0.3) is 0 Å². The third-order valence-electron chi connectivity index (χ3n) is 6.12. The van der Waals surface area contributed by atoms with E-state index in [9.17, 15) is 9.59 Å². The zero-order valence-corrected chi connectivity index (χ0v) is 19.5. The van der Waals surface area contributed by atoms with Gasteiger partial charge >= 0.3 is 0 Å². The number of benzene rings is 3. The highest BCUT2D eigenvalue weighted by Gasteiger charge is 2.26. The first-order chi connectivity index (χ1) is 16.7. The fraction of sp³-hybridized carbons (Fsp3) is 0.179. The van der Waals surface area contributed by atoms with Gasteiger partial charge in [0.25, 0.3) is 5.56 Å². The van der Waals surface area contributed by atoms with Crippen LogP contribution in [0.3, 0.4) is 0 Å². The zero-order chi connectivity index (χ0) is 23.3. The second kappa shape index (κ2) is 10.1. The maximum absolute atomic E-state index is 13.6. The number of aromatic nitrogens is 2. The van der Waals surface area contributed by atoms with Crippen molar-refractivity contribution in [2.45, 2.75) is 23.9 Å². The van der Waals surface area contributed by atoms with Gasteiger partial charge in [-0.1, -0.05) is 78.9 Å². The van der Waals surface area contributed by atoms with Crippen LogP contribution >= 0.6 is 11.8 Å². The number of nitrogens with zero attached hydrogens (tertiary/aromatic N) is 3. The van der Waals surface area contributed by atoms with Gasteiger partial charge in [-0.2, -0.15) is 0 Å². The van der Waals surface area contributed by atoms with E-state index in [-0.39, 0.29) is 17.5 Å². The summed E-state index contributed by atoms with van der Waals surface area (Å²) in [7, 11) is 0. The molecule has 0 unspecified atom stereocenters. The van der Waals surface area contributed by atoms with Crippen molar-refractivity contribution in [3.05, 3.63) is 130 Å². The summed E-state index contributed by atoms with van der Waals surface area (Å²) in [6, 6.07) is 29.7. The standard InChI is InChI=1S/C28H25N3O2S/c32-26(19-34-23-14-8-3-9-15-23)30-17-16-24-25(18-30)29-20-31(28(24)33)27(21-10-4-1-5-11-21)22-12-6-2-7-13-22/h1-15,20,27H,16-19H2. The molecular formula is C28H25N3O2S. The molecule has 170 valence electrons. The van der Waals surface area contributed by atoms with E-state index >= 15 is 0 Å². The Bertz CT molecular complexity index is 1280. The molecule has 0 fully saturated rings. The molecule has 5 rings (SSSR count). The molecule has 5 nitrogen and oxygen atoms in total. The van der Waals surface area contributed by atoms with Crippen LogP contribution in [0, 0.1) is 0 Å². The number of carbonyl (C=O) groups is 1. The van der Waals surface area contributed by atoms with Crippen LogP contribution in [0.1, 0.15) is 28.4 Å². The summed E-state index contributed by atoms with van der Waals surface area (Å²) in [4.78, 5) is 34.0. The minimum atomic E-state index is -0.255. The summed E-state index contributed by atoms with van der Waals surface area (Å²) >= 11 is 1.53. The predicted molar refractivity (Wildman–Crippen MR) is 135 cm³/mol. The van der Waals surface area contributed by atoms with Crippen LogP contribution in [-0.4, -0.2) is 32.7 Å². The van der Waals surface area contributed by atoms with E-state index in [4.69, 9.17) is 0 Å². The lowest BCUT2D eigenvalue weighted by Crippen LogP contribution is -2.41. The monoisotopic (exact) mass is 467 g/mol. The van der Waals surface area contributed by atoms with Crippen molar-refractivity contribution in [3.63, 3.8) is 0 Å². The predicted octanol–water partition coefficient (Wildman–Crippen LogP) is 4.56. The summed E-state index contributed by atoms with van der Waals surface area (Å²) in [6.45, 7) is 0.907. The fourth-order valence-electron chi connectivity index (χ4n) is 4.37. The van der Waals surface area contributed by atoms with Crippen molar-refractivity contribution in [1.29, 1.82) is 0 Å². The van der Waals surface area contributed by atoms with Gasteiger partial charge < -0.3 is 4.90 Å². The van der Waals surface area contributed by atoms with Crippen LogP contribution in [0.15, 0.2) is 107 Å². The molecule has 0 saturated heterocycles. The van der Waals surface area contributed by atoms with Gasteiger partial charge in [0.15, 0.2) is 0 Å². The SMILES string of the molecule is O=C(CSc1ccccc1)N1CCc2c(ncn(C(c3ccccc3)c3ccccc3)c2=O)C1. The summed E-state index contributed by atoms with van der Waals surface area (Å²) in [5.41, 5.74) is 3.43. The molecule has 3 aromatic carbocycles. The Morgan fingerprint density at radius 2 is 1.47 bits per heavy atom. The Hall–Kier alpha value is -3.64. The highest BCUT2D eigenvalue weighted by molar-refractivity contribution is 8.00. The molecule has 0 N–H and O–H groups in total. The Morgan fingerprint density at radius 3 is 2.09 bits per heavy atom. The van der Waals surface area contributed by atoms with Gasteiger partial charge in [-0.15, -0.1) is 11.8 Å². The van der Waals surface area contributed by atoms with E-state index in [0.717, 1.165) is 16.0 Å². The van der Waals surface area contributed by atoms with Gasteiger partial charge in [0, 0.05) is 17.0 Å². The molecule has 1 aliphatic heterocycles. The molecule has 34 heavy (non-hydrogen) atoms. The summed E-state index contributed by atoms with van der Waals surface area (Å²) in [5.74, 6) is 0.442. The van der Waals surface area contributed by atoms with E-state index in [1.54, 1.807) is 15.8 Å². The third-order valence-corrected chi connectivity index (χ3v) is 7.12. The van der Waals surface area contributed by atoms with Gasteiger partial charge in [-0.05, 0) is 29.7 Å². The van der Waals surface area contributed by atoms with Gasteiger partial charge in [-0.3, -0.25) is 14.2 Å². The molecule has 0 saturated carbocycles. The number of hydrogen-bond donors (Lipinski definition) is 0. The number of thioether (sulfide) groups is 1. The Labute approximate surface area is 203 Å². The molecule has 6 heteroatoms. The summed E-state index contributed by atoms with van der Waals surface area (Å²) < 4.78 is 1.73. The number of carbonyl (C=O) groups excluding carboxylic acids is 1. The quantitative estimate of drug-likeness (QED) is 0.390. The molecule has 1 amide bonds. The summed E-state index contributed by atoms with van der Waals surface area (Å²) in [5, 5.41) is 0. The first-order valence-corrected chi connectivity index (χ1v) is 12.3. The normalized spacial score (nSPS) is 13.0. The number of hydrogen-bond acceptors (Lipinski definition) is 4. The number of fused-ring (bicyclic) bond motifs is 1. The molecule has 0 atom stereocenters.